The van der Waals surface area contributed by atoms with Crippen LogP contribution in [0.3, 0.4) is 0 Å². The van der Waals surface area contributed by atoms with E-state index in [1.54, 1.807) is 0 Å². The molecule has 0 radical (unpaired) electrons. The molecule has 1 fully saturated rings. The maximum absolute atomic E-state index is 5.90. The lowest BCUT2D eigenvalue weighted by Gasteiger charge is -2.20. The van der Waals surface area contributed by atoms with Crippen molar-refractivity contribution < 1.29 is 4.42 Å². The van der Waals surface area contributed by atoms with E-state index < -0.39 is 0 Å². The monoisotopic (exact) mass is 311 g/mol. The van der Waals surface area contributed by atoms with Gasteiger partial charge in [-0.2, -0.15) is 10.1 Å². The number of aromatic nitrogens is 3. The molecule has 1 saturated heterocycles. The molecule has 0 spiro atoms. The molecule has 4 rings (SSSR count). The number of rotatable bonds is 3. The smallest absolute Gasteiger partial charge is 0.298 e. The van der Waals surface area contributed by atoms with Crippen LogP contribution in [0.1, 0.15) is 12.0 Å². The number of para-hydroxylation sites is 2. The maximum atomic E-state index is 5.90. The number of aryl methyl sites for hydroxylation is 1. The van der Waals surface area contributed by atoms with E-state index in [4.69, 9.17) is 4.42 Å². The van der Waals surface area contributed by atoms with Crippen LogP contribution in [0.2, 0.25) is 0 Å². The summed E-state index contributed by atoms with van der Waals surface area (Å²) in [5, 5.41) is 4.25. The average molecular weight is 311 g/mol. The van der Waals surface area contributed by atoms with Crippen LogP contribution in [-0.2, 0) is 13.6 Å². The highest BCUT2D eigenvalue weighted by Gasteiger charge is 2.19. The lowest BCUT2D eigenvalue weighted by Crippen LogP contribution is -2.30. The number of fused-ring (bicyclic) bond motifs is 1. The molecule has 0 amide bonds. The molecule has 6 nitrogen and oxygen atoms in total. The Morgan fingerprint density at radius 1 is 1.13 bits per heavy atom. The van der Waals surface area contributed by atoms with Crippen molar-refractivity contribution >= 4 is 17.1 Å². The summed E-state index contributed by atoms with van der Waals surface area (Å²) < 4.78 is 7.76. The molecule has 23 heavy (non-hydrogen) atoms. The zero-order valence-electron chi connectivity index (χ0n) is 13.4. The largest absolute Gasteiger partial charge is 0.423 e. The molecule has 6 heteroatoms. The van der Waals surface area contributed by atoms with E-state index in [1.807, 2.05) is 42.2 Å². The quantitative estimate of drug-likeness (QED) is 0.743. The van der Waals surface area contributed by atoms with Gasteiger partial charge in [0, 0.05) is 51.5 Å². The van der Waals surface area contributed by atoms with Gasteiger partial charge in [0.15, 0.2) is 5.58 Å². The van der Waals surface area contributed by atoms with Gasteiger partial charge >= 0.3 is 0 Å². The fourth-order valence-corrected chi connectivity index (χ4v) is 3.13. The van der Waals surface area contributed by atoms with Crippen LogP contribution in [0.4, 0.5) is 6.01 Å². The van der Waals surface area contributed by atoms with Gasteiger partial charge in [-0.15, -0.1) is 0 Å². The molecule has 3 heterocycles. The van der Waals surface area contributed by atoms with E-state index in [9.17, 15) is 0 Å². The molecule has 0 bridgehead atoms. The predicted molar refractivity (Wildman–Crippen MR) is 89.3 cm³/mol. The van der Waals surface area contributed by atoms with Gasteiger partial charge in [-0.05, 0) is 18.6 Å². The first-order chi connectivity index (χ1) is 11.3. The van der Waals surface area contributed by atoms with Gasteiger partial charge in [-0.1, -0.05) is 12.1 Å². The van der Waals surface area contributed by atoms with Crippen molar-refractivity contribution in [2.24, 2.45) is 7.05 Å². The summed E-state index contributed by atoms with van der Waals surface area (Å²) in [5.41, 5.74) is 3.06. The Labute approximate surface area is 135 Å². The van der Waals surface area contributed by atoms with E-state index in [0.717, 1.165) is 56.3 Å². The first-order valence-corrected chi connectivity index (χ1v) is 8.08. The zero-order valence-corrected chi connectivity index (χ0v) is 13.4. The molecule has 0 N–H and O–H groups in total. The SMILES string of the molecule is Cn1cc(CN2CCCN(c3nc4ccccc4o3)CC2)cn1. The standard InChI is InChI=1S/C17H21N5O/c1-20-12-14(11-18-20)13-21-7-4-8-22(10-9-21)17-19-15-5-2-3-6-16(15)23-17/h2-3,5-6,11-12H,4,7-10,13H2,1H3. The molecule has 1 aliphatic rings. The Bertz CT molecular complexity index is 760. The number of benzene rings is 1. The highest BCUT2D eigenvalue weighted by Crippen LogP contribution is 2.22. The zero-order chi connectivity index (χ0) is 15.6. The molecule has 0 aliphatic carbocycles. The summed E-state index contributed by atoms with van der Waals surface area (Å²) in [6, 6.07) is 8.68. The van der Waals surface area contributed by atoms with Gasteiger partial charge in [0.25, 0.3) is 6.01 Å². The minimum Gasteiger partial charge on any atom is -0.423 e. The van der Waals surface area contributed by atoms with Crippen LogP contribution >= 0.6 is 0 Å². The third kappa shape index (κ3) is 3.07. The van der Waals surface area contributed by atoms with Gasteiger partial charge < -0.3 is 9.32 Å². The third-order valence-corrected chi connectivity index (χ3v) is 4.31. The van der Waals surface area contributed by atoms with Gasteiger partial charge in [0.1, 0.15) is 5.52 Å². The summed E-state index contributed by atoms with van der Waals surface area (Å²) in [6.45, 7) is 4.97. The van der Waals surface area contributed by atoms with Crippen molar-refractivity contribution in [3.8, 4) is 0 Å². The molecule has 120 valence electrons. The van der Waals surface area contributed by atoms with Crippen molar-refractivity contribution in [3.05, 3.63) is 42.2 Å². The number of anilines is 1. The summed E-state index contributed by atoms with van der Waals surface area (Å²) in [4.78, 5) is 9.34. The van der Waals surface area contributed by atoms with Crippen molar-refractivity contribution in [1.29, 1.82) is 0 Å². The Morgan fingerprint density at radius 2 is 2.04 bits per heavy atom. The molecule has 3 aromatic rings. The van der Waals surface area contributed by atoms with Crippen molar-refractivity contribution in [2.75, 3.05) is 31.1 Å². The molecule has 1 aliphatic heterocycles. The van der Waals surface area contributed by atoms with Crippen LogP contribution in [0.15, 0.2) is 41.1 Å². The highest BCUT2D eigenvalue weighted by molar-refractivity contribution is 5.74. The van der Waals surface area contributed by atoms with Crippen molar-refractivity contribution in [2.45, 2.75) is 13.0 Å². The normalized spacial score (nSPS) is 16.8. The van der Waals surface area contributed by atoms with Gasteiger partial charge in [0.2, 0.25) is 0 Å². The van der Waals surface area contributed by atoms with Crippen LogP contribution in [0, 0.1) is 0 Å². The molecule has 1 aromatic carbocycles. The minimum atomic E-state index is 0.745. The van der Waals surface area contributed by atoms with Crippen molar-refractivity contribution in [3.63, 3.8) is 0 Å². The number of hydrogen-bond acceptors (Lipinski definition) is 5. The topological polar surface area (TPSA) is 50.3 Å². The summed E-state index contributed by atoms with van der Waals surface area (Å²) in [5.74, 6) is 0. The van der Waals surface area contributed by atoms with Gasteiger partial charge in [0.05, 0.1) is 6.20 Å². The average Bonchev–Trinajstić information content (AvgIpc) is 3.08. The molecular formula is C17H21N5O. The number of hydrogen-bond donors (Lipinski definition) is 0. The molecule has 0 unspecified atom stereocenters. The molecular weight excluding hydrogens is 290 g/mol. The Kier molecular flexibility index (Phi) is 3.75. The fraction of sp³-hybridized carbons (Fsp3) is 0.412. The highest BCUT2D eigenvalue weighted by atomic mass is 16.4. The first kappa shape index (κ1) is 14.3. The number of oxazole rings is 1. The van der Waals surface area contributed by atoms with E-state index in [2.05, 4.69) is 26.1 Å². The third-order valence-electron chi connectivity index (χ3n) is 4.31. The first-order valence-electron chi connectivity index (χ1n) is 8.08. The summed E-state index contributed by atoms with van der Waals surface area (Å²) >= 11 is 0. The summed E-state index contributed by atoms with van der Waals surface area (Å²) in [6.07, 6.45) is 5.14. The van der Waals surface area contributed by atoms with E-state index in [0.29, 0.717) is 0 Å². The molecule has 0 saturated carbocycles. The second-order valence-corrected chi connectivity index (χ2v) is 6.10. The van der Waals surface area contributed by atoms with Crippen molar-refractivity contribution in [1.82, 2.24) is 19.7 Å². The van der Waals surface area contributed by atoms with Crippen LogP contribution in [-0.4, -0.2) is 45.8 Å². The molecule has 2 aromatic heterocycles. The van der Waals surface area contributed by atoms with Crippen LogP contribution in [0.5, 0.6) is 0 Å². The molecule has 0 atom stereocenters. The second-order valence-electron chi connectivity index (χ2n) is 6.10. The van der Waals surface area contributed by atoms with E-state index in [-0.39, 0.29) is 0 Å². The Morgan fingerprint density at radius 3 is 2.87 bits per heavy atom. The Balaban J connectivity index is 1.44. The Hall–Kier alpha value is -2.34. The second kappa shape index (κ2) is 6.04. The van der Waals surface area contributed by atoms with Gasteiger partial charge in [-0.3, -0.25) is 9.58 Å². The lowest BCUT2D eigenvalue weighted by atomic mass is 10.3. The predicted octanol–water partition coefficient (Wildman–Crippen LogP) is 2.27. The maximum Gasteiger partial charge on any atom is 0.298 e. The van der Waals surface area contributed by atoms with Crippen LogP contribution in [0.25, 0.3) is 11.1 Å². The van der Waals surface area contributed by atoms with E-state index in [1.165, 1.54) is 5.56 Å². The van der Waals surface area contributed by atoms with Gasteiger partial charge in [-0.25, -0.2) is 0 Å². The fourth-order valence-electron chi connectivity index (χ4n) is 3.13. The summed E-state index contributed by atoms with van der Waals surface area (Å²) in [7, 11) is 1.96. The van der Waals surface area contributed by atoms with E-state index >= 15 is 0 Å². The number of nitrogens with zero attached hydrogens (tertiary/aromatic N) is 5. The lowest BCUT2D eigenvalue weighted by molar-refractivity contribution is 0.285. The van der Waals surface area contributed by atoms with Crippen LogP contribution < -0.4 is 4.90 Å². The minimum absolute atomic E-state index is 0.745.